The Morgan fingerprint density at radius 3 is 2.56 bits per heavy atom. The van der Waals surface area contributed by atoms with Gasteiger partial charge in [0.2, 0.25) is 5.91 Å². The first-order valence-corrected chi connectivity index (χ1v) is 8.04. The van der Waals surface area contributed by atoms with E-state index < -0.39 is 10.8 Å². The van der Waals surface area contributed by atoms with Crippen molar-refractivity contribution in [3.63, 3.8) is 0 Å². The molecule has 0 atom stereocenters. The Labute approximate surface area is 156 Å². The third-order valence-electron chi connectivity index (χ3n) is 3.33. The number of rotatable bonds is 6. The molecule has 2 aromatic rings. The van der Waals surface area contributed by atoms with Gasteiger partial charge in [-0.15, -0.1) is 0 Å². The Morgan fingerprint density at radius 2 is 2.04 bits per heavy atom. The van der Waals surface area contributed by atoms with Crippen LogP contribution in [-0.2, 0) is 11.3 Å². The molecule has 1 amide bonds. The number of hydrogen-bond donors (Lipinski definition) is 1. The molecule has 0 radical (unpaired) electrons. The van der Waals surface area contributed by atoms with E-state index in [1.807, 2.05) is 0 Å². The second-order valence-corrected chi connectivity index (χ2v) is 6.07. The average Bonchev–Trinajstić information content (AvgIpc) is 2.84. The van der Waals surface area contributed by atoms with Gasteiger partial charge >= 0.3 is 5.82 Å². The van der Waals surface area contributed by atoms with Crippen molar-refractivity contribution in [1.82, 2.24) is 9.78 Å². The molecular formula is C14H14BrClN4O5. The predicted octanol–water partition coefficient (Wildman–Crippen LogP) is 3.17. The normalized spacial score (nSPS) is 10.4. The molecule has 1 heterocycles. The number of amides is 1. The third kappa shape index (κ3) is 4.02. The Balaban J connectivity index is 2.24. The van der Waals surface area contributed by atoms with Gasteiger partial charge in [-0.1, -0.05) is 11.6 Å². The van der Waals surface area contributed by atoms with Crippen molar-refractivity contribution >= 4 is 44.9 Å². The maximum atomic E-state index is 12.3. The molecule has 1 aromatic heterocycles. The van der Waals surface area contributed by atoms with E-state index in [0.717, 1.165) is 0 Å². The van der Waals surface area contributed by atoms with E-state index in [1.54, 1.807) is 6.92 Å². The number of carbonyl (C=O) groups excluding carboxylic acids is 1. The van der Waals surface area contributed by atoms with Crippen LogP contribution in [0.25, 0.3) is 0 Å². The van der Waals surface area contributed by atoms with Crippen LogP contribution in [0.15, 0.2) is 16.6 Å². The number of nitro groups is 1. The number of methoxy groups -OCH3 is 2. The summed E-state index contributed by atoms with van der Waals surface area (Å²) in [6.07, 6.45) is 0. The highest BCUT2D eigenvalue weighted by atomic mass is 79.9. The highest BCUT2D eigenvalue weighted by molar-refractivity contribution is 9.10. The minimum atomic E-state index is -0.626. The summed E-state index contributed by atoms with van der Waals surface area (Å²) in [5.74, 6) is -0.0818. The number of carbonyl (C=O) groups is 1. The fraction of sp³-hybridized carbons (Fsp3) is 0.286. The molecule has 0 saturated carbocycles. The van der Waals surface area contributed by atoms with Gasteiger partial charge in [0.15, 0.2) is 0 Å². The Bertz CT molecular complexity index is 839. The fourth-order valence-corrected chi connectivity index (χ4v) is 2.72. The van der Waals surface area contributed by atoms with Crippen molar-refractivity contribution in [3.8, 4) is 11.5 Å². The van der Waals surface area contributed by atoms with E-state index >= 15 is 0 Å². The smallest absolute Gasteiger partial charge is 0.404 e. The largest absolute Gasteiger partial charge is 0.495 e. The Morgan fingerprint density at radius 1 is 1.40 bits per heavy atom. The average molecular weight is 434 g/mol. The number of aromatic nitrogens is 2. The van der Waals surface area contributed by atoms with E-state index in [2.05, 4.69) is 26.3 Å². The van der Waals surface area contributed by atoms with Gasteiger partial charge in [-0.05, 0) is 27.8 Å². The molecule has 25 heavy (non-hydrogen) atoms. The zero-order valence-electron chi connectivity index (χ0n) is 13.5. The van der Waals surface area contributed by atoms with Crippen LogP contribution in [0.3, 0.4) is 0 Å². The highest BCUT2D eigenvalue weighted by Crippen LogP contribution is 2.36. The summed E-state index contributed by atoms with van der Waals surface area (Å²) in [4.78, 5) is 22.6. The van der Waals surface area contributed by atoms with Gasteiger partial charge < -0.3 is 24.9 Å². The SMILES string of the molecule is COc1cc(NC(=O)Cn2nc([N+](=O)[O-])c(Br)c2C)c(OC)cc1Cl. The van der Waals surface area contributed by atoms with Crippen molar-refractivity contribution in [1.29, 1.82) is 0 Å². The van der Waals surface area contributed by atoms with E-state index in [4.69, 9.17) is 21.1 Å². The van der Waals surface area contributed by atoms with Gasteiger partial charge in [0.25, 0.3) is 0 Å². The van der Waals surface area contributed by atoms with Crippen LogP contribution < -0.4 is 14.8 Å². The first-order valence-electron chi connectivity index (χ1n) is 6.87. The van der Waals surface area contributed by atoms with Crippen molar-refractivity contribution in [3.05, 3.63) is 37.4 Å². The number of hydrogen-bond acceptors (Lipinski definition) is 6. The number of nitrogens with one attached hydrogen (secondary N) is 1. The van der Waals surface area contributed by atoms with Crippen molar-refractivity contribution in [2.75, 3.05) is 19.5 Å². The Kier molecular flexibility index (Phi) is 5.85. The molecule has 0 unspecified atom stereocenters. The van der Waals surface area contributed by atoms with Crippen LogP contribution >= 0.6 is 27.5 Å². The predicted molar refractivity (Wildman–Crippen MR) is 94.5 cm³/mol. The molecule has 1 aromatic carbocycles. The molecule has 0 fully saturated rings. The van der Waals surface area contributed by atoms with Crippen molar-refractivity contribution in [2.24, 2.45) is 0 Å². The van der Waals surface area contributed by atoms with Crippen LogP contribution in [0.2, 0.25) is 5.02 Å². The van der Waals surface area contributed by atoms with E-state index in [1.165, 1.54) is 31.0 Å². The van der Waals surface area contributed by atoms with Crippen LogP contribution in [0.5, 0.6) is 11.5 Å². The zero-order chi connectivity index (χ0) is 18.7. The van der Waals surface area contributed by atoms with Gasteiger partial charge in [-0.3, -0.25) is 4.79 Å². The summed E-state index contributed by atoms with van der Waals surface area (Å²) < 4.78 is 11.8. The van der Waals surface area contributed by atoms with E-state index in [-0.39, 0.29) is 16.8 Å². The summed E-state index contributed by atoms with van der Waals surface area (Å²) in [7, 11) is 2.88. The lowest BCUT2D eigenvalue weighted by atomic mass is 10.2. The van der Waals surface area contributed by atoms with Crippen LogP contribution in [0, 0.1) is 17.0 Å². The van der Waals surface area contributed by atoms with Gasteiger partial charge in [0.1, 0.15) is 22.5 Å². The molecule has 0 saturated heterocycles. The molecular weight excluding hydrogens is 420 g/mol. The fourth-order valence-electron chi connectivity index (χ4n) is 2.06. The minimum Gasteiger partial charge on any atom is -0.495 e. The first kappa shape index (κ1) is 19.0. The number of halogens is 2. The molecule has 9 nitrogen and oxygen atoms in total. The lowest BCUT2D eigenvalue weighted by Crippen LogP contribution is -2.20. The monoisotopic (exact) mass is 432 g/mol. The lowest BCUT2D eigenvalue weighted by molar-refractivity contribution is -0.390. The highest BCUT2D eigenvalue weighted by Gasteiger charge is 2.25. The van der Waals surface area contributed by atoms with Gasteiger partial charge in [-0.2, -0.15) is 4.68 Å². The molecule has 0 spiro atoms. The van der Waals surface area contributed by atoms with E-state index in [0.29, 0.717) is 27.9 Å². The third-order valence-corrected chi connectivity index (χ3v) is 4.55. The first-order chi connectivity index (χ1) is 11.8. The second kappa shape index (κ2) is 7.70. The topological polar surface area (TPSA) is 109 Å². The maximum Gasteiger partial charge on any atom is 0.404 e. The quantitative estimate of drug-likeness (QED) is 0.554. The van der Waals surface area contributed by atoms with Crippen LogP contribution in [0.1, 0.15) is 5.69 Å². The second-order valence-electron chi connectivity index (χ2n) is 4.87. The van der Waals surface area contributed by atoms with Crippen LogP contribution in [0.4, 0.5) is 11.5 Å². The van der Waals surface area contributed by atoms with Gasteiger partial charge in [0.05, 0.1) is 35.7 Å². The molecule has 1 N–H and O–H groups in total. The Hall–Kier alpha value is -2.33. The maximum absolute atomic E-state index is 12.3. The molecule has 0 aliphatic rings. The number of benzene rings is 1. The summed E-state index contributed by atoms with van der Waals surface area (Å²) >= 11 is 9.12. The lowest BCUT2D eigenvalue weighted by Gasteiger charge is -2.13. The molecule has 2 rings (SSSR count). The van der Waals surface area contributed by atoms with E-state index in [9.17, 15) is 14.9 Å². The summed E-state index contributed by atoms with van der Waals surface area (Å²) in [6.45, 7) is 1.40. The minimum absolute atomic E-state index is 0.216. The number of anilines is 1. The molecule has 134 valence electrons. The van der Waals surface area contributed by atoms with Gasteiger partial charge in [0, 0.05) is 12.1 Å². The summed E-state index contributed by atoms with van der Waals surface area (Å²) in [6, 6.07) is 3.03. The number of nitrogens with zero attached hydrogens (tertiary/aromatic N) is 3. The standard InChI is InChI=1S/C14H14BrClN4O5/c1-7-13(15)14(20(22)23)18-19(7)6-12(21)17-9-5-10(24-2)8(16)4-11(9)25-3/h4-5H,6H2,1-3H3,(H,17,21). The van der Waals surface area contributed by atoms with Crippen molar-refractivity contribution < 1.29 is 19.2 Å². The number of ether oxygens (including phenoxy) is 2. The van der Waals surface area contributed by atoms with Crippen LogP contribution in [-0.4, -0.2) is 34.8 Å². The molecule has 11 heteroatoms. The molecule has 0 aliphatic heterocycles. The van der Waals surface area contributed by atoms with Crippen molar-refractivity contribution in [2.45, 2.75) is 13.5 Å². The summed E-state index contributed by atoms with van der Waals surface area (Å²) in [5, 5.41) is 17.7. The van der Waals surface area contributed by atoms with Gasteiger partial charge in [-0.25, -0.2) is 0 Å². The molecule has 0 aliphatic carbocycles. The zero-order valence-corrected chi connectivity index (χ0v) is 15.8. The summed E-state index contributed by atoms with van der Waals surface area (Å²) in [5.41, 5.74) is 0.814. The molecule has 0 bridgehead atoms.